The van der Waals surface area contributed by atoms with Crippen LogP contribution >= 0.6 is 11.6 Å². The quantitative estimate of drug-likeness (QED) is 0.417. The summed E-state index contributed by atoms with van der Waals surface area (Å²) in [6.45, 7) is 3.83. The third-order valence-corrected chi connectivity index (χ3v) is 6.82. The van der Waals surface area contributed by atoms with Gasteiger partial charge in [0, 0.05) is 37.6 Å². The van der Waals surface area contributed by atoms with Crippen molar-refractivity contribution in [3.63, 3.8) is 0 Å². The fourth-order valence-corrected chi connectivity index (χ4v) is 4.72. The molecule has 3 heterocycles. The standard InChI is InChI=1S/C26H30ClN7O2/c27-21-9-7-8-20(22(21)35)23(36)28-18-10-12-19(13-11-18)29-24-30-25(33-14-3-1-4-15-33)32-26(31-24)34-16-5-2-6-17-34/h7-13,35H,1-6,14-17H2,(H,28,36)(H,29,30,31,32). The van der Waals surface area contributed by atoms with E-state index in [9.17, 15) is 9.90 Å². The molecule has 2 saturated heterocycles. The van der Waals surface area contributed by atoms with Gasteiger partial charge in [0.05, 0.1) is 10.6 Å². The van der Waals surface area contributed by atoms with Gasteiger partial charge in [0.25, 0.3) is 5.91 Å². The van der Waals surface area contributed by atoms with Gasteiger partial charge in [-0.1, -0.05) is 17.7 Å². The molecule has 2 fully saturated rings. The molecule has 36 heavy (non-hydrogen) atoms. The normalized spacial score (nSPS) is 16.0. The smallest absolute Gasteiger partial charge is 0.259 e. The number of nitrogens with zero attached hydrogens (tertiary/aromatic N) is 5. The van der Waals surface area contributed by atoms with Crippen molar-refractivity contribution in [3.8, 4) is 5.75 Å². The minimum Gasteiger partial charge on any atom is -0.506 e. The number of rotatable bonds is 6. The molecule has 0 unspecified atom stereocenters. The van der Waals surface area contributed by atoms with E-state index in [1.807, 2.05) is 12.1 Å². The maximum atomic E-state index is 12.6. The summed E-state index contributed by atoms with van der Waals surface area (Å²) in [5.41, 5.74) is 1.49. The predicted octanol–water partition coefficient (Wildman–Crippen LogP) is 5.21. The van der Waals surface area contributed by atoms with E-state index in [-0.39, 0.29) is 16.3 Å². The summed E-state index contributed by atoms with van der Waals surface area (Å²) < 4.78 is 0. The zero-order chi connectivity index (χ0) is 24.9. The topological polar surface area (TPSA) is 107 Å². The number of hydrogen-bond donors (Lipinski definition) is 3. The Morgan fingerprint density at radius 2 is 1.33 bits per heavy atom. The van der Waals surface area contributed by atoms with E-state index in [1.54, 1.807) is 18.2 Å². The van der Waals surface area contributed by atoms with Crippen LogP contribution in [0.2, 0.25) is 5.02 Å². The van der Waals surface area contributed by atoms with Gasteiger partial charge in [0.15, 0.2) is 0 Å². The minimum absolute atomic E-state index is 0.116. The van der Waals surface area contributed by atoms with Crippen LogP contribution in [-0.4, -0.2) is 52.1 Å². The first-order valence-electron chi connectivity index (χ1n) is 12.5. The lowest BCUT2D eigenvalue weighted by molar-refractivity contribution is 0.102. The number of carbonyl (C=O) groups excluding carboxylic acids is 1. The van der Waals surface area contributed by atoms with Crippen molar-refractivity contribution >= 4 is 46.7 Å². The summed E-state index contributed by atoms with van der Waals surface area (Å²) in [5.74, 6) is 1.27. The first-order valence-corrected chi connectivity index (χ1v) is 12.9. The van der Waals surface area contributed by atoms with E-state index in [4.69, 9.17) is 26.6 Å². The van der Waals surface area contributed by atoms with Crippen molar-refractivity contribution in [1.29, 1.82) is 0 Å². The summed E-state index contributed by atoms with van der Waals surface area (Å²) in [6, 6.07) is 11.9. The van der Waals surface area contributed by atoms with Gasteiger partial charge in [-0.05, 0) is 74.9 Å². The number of phenols is 1. The number of aromatic nitrogens is 3. The van der Waals surface area contributed by atoms with Crippen LogP contribution in [-0.2, 0) is 0 Å². The molecule has 10 heteroatoms. The number of carbonyl (C=O) groups is 1. The van der Waals surface area contributed by atoms with Crippen LogP contribution in [0, 0.1) is 0 Å². The van der Waals surface area contributed by atoms with Crippen molar-refractivity contribution in [2.45, 2.75) is 38.5 Å². The largest absolute Gasteiger partial charge is 0.506 e. The maximum absolute atomic E-state index is 12.6. The van der Waals surface area contributed by atoms with Crippen LogP contribution in [0.5, 0.6) is 5.75 Å². The number of halogens is 1. The highest BCUT2D eigenvalue weighted by Crippen LogP contribution is 2.28. The molecule has 0 aliphatic carbocycles. The van der Waals surface area contributed by atoms with E-state index < -0.39 is 5.91 Å². The zero-order valence-corrected chi connectivity index (χ0v) is 20.8. The van der Waals surface area contributed by atoms with Gasteiger partial charge in [-0.2, -0.15) is 15.0 Å². The van der Waals surface area contributed by atoms with E-state index in [1.165, 1.54) is 25.0 Å². The molecule has 0 bridgehead atoms. The first-order chi connectivity index (χ1) is 17.6. The first kappa shape index (κ1) is 24.1. The number of amides is 1. The Balaban J connectivity index is 1.32. The molecule has 2 aromatic carbocycles. The summed E-state index contributed by atoms with van der Waals surface area (Å²) in [6.07, 6.45) is 7.07. The lowest BCUT2D eigenvalue weighted by Crippen LogP contribution is -2.34. The molecule has 5 rings (SSSR count). The van der Waals surface area contributed by atoms with Crippen LogP contribution in [0.25, 0.3) is 0 Å². The van der Waals surface area contributed by atoms with Gasteiger partial charge in [0.2, 0.25) is 17.8 Å². The van der Waals surface area contributed by atoms with Crippen LogP contribution in [0.3, 0.4) is 0 Å². The Morgan fingerprint density at radius 3 is 1.92 bits per heavy atom. The number of anilines is 5. The highest BCUT2D eigenvalue weighted by atomic mass is 35.5. The second kappa shape index (κ2) is 11.0. The summed E-state index contributed by atoms with van der Waals surface area (Å²) in [7, 11) is 0. The average molecular weight is 508 g/mol. The Hall–Kier alpha value is -3.59. The second-order valence-electron chi connectivity index (χ2n) is 9.15. The number of para-hydroxylation sites is 1. The molecule has 2 aliphatic rings. The van der Waals surface area contributed by atoms with Gasteiger partial charge in [0.1, 0.15) is 5.75 Å². The SMILES string of the molecule is O=C(Nc1ccc(Nc2nc(N3CCCCC3)nc(N3CCCCC3)n2)cc1)c1cccc(Cl)c1O. The van der Waals surface area contributed by atoms with Crippen LogP contribution in [0.4, 0.5) is 29.2 Å². The number of benzene rings is 2. The molecule has 3 aromatic rings. The number of nitrogens with one attached hydrogen (secondary N) is 2. The van der Waals surface area contributed by atoms with Gasteiger partial charge in [-0.25, -0.2) is 0 Å². The number of hydrogen-bond acceptors (Lipinski definition) is 8. The van der Waals surface area contributed by atoms with Crippen LogP contribution in [0.1, 0.15) is 48.9 Å². The number of phenolic OH excluding ortho intramolecular Hbond substituents is 1. The molecule has 0 atom stereocenters. The molecule has 9 nitrogen and oxygen atoms in total. The molecule has 1 aromatic heterocycles. The number of piperidine rings is 2. The fourth-order valence-electron chi connectivity index (χ4n) is 4.54. The third-order valence-electron chi connectivity index (χ3n) is 6.52. The highest BCUT2D eigenvalue weighted by molar-refractivity contribution is 6.32. The Bertz CT molecular complexity index is 1170. The van der Waals surface area contributed by atoms with Gasteiger partial charge >= 0.3 is 0 Å². The van der Waals surface area contributed by atoms with Crippen molar-refractivity contribution in [2.24, 2.45) is 0 Å². The lowest BCUT2D eigenvalue weighted by Gasteiger charge is -2.30. The lowest BCUT2D eigenvalue weighted by atomic mass is 10.1. The highest BCUT2D eigenvalue weighted by Gasteiger charge is 2.20. The Morgan fingerprint density at radius 1 is 0.778 bits per heavy atom. The molecule has 0 spiro atoms. The Labute approximate surface area is 215 Å². The summed E-state index contributed by atoms with van der Waals surface area (Å²) in [5, 5.41) is 16.3. The number of aromatic hydroxyl groups is 1. The molecule has 1 amide bonds. The third kappa shape index (κ3) is 5.62. The molecule has 2 aliphatic heterocycles. The van der Waals surface area contributed by atoms with Crippen molar-refractivity contribution in [2.75, 3.05) is 46.6 Å². The fraction of sp³-hybridized carbons (Fsp3) is 0.385. The van der Waals surface area contributed by atoms with Gasteiger partial charge < -0.3 is 25.5 Å². The predicted molar refractivity (Wildman–Crippen MR) is 143 cm³/mol. The zero-order valence-electron chi connectivity index (χ0n) is 20.1. The van der Waals surface area contributed by atoms with Crippen LogP contribution in [0.15, 0.2) is 42.5 Å². The van der Waals surface area contributed by atoms with E-state index >= 15 is 0 Å². The van der Waals surface area contributed by atoms with E-state index in [0.717, 1.165) is 69.4 Å². The van der Waals surface area contributed by atoms with Gasteiger partial charge in [-0.3, -0.25) is 4.79 Å². The monoisotopic (exact) mass is 507 g/mol. The molecular formula is C26H30ClN7O2. The molecule has 0 radical (unpaired) electrons. The molecule has 188 valence electrons. The molecule has 3 N–H and O–H groups in total. The molecular weight excluding hydrogens is 478 g/mol. The van der Waals surface area contributed by atoms with E-state index in [0.29, 0.717) is 11.6 Å². The van der Waals surface area contributed by atoms with Gasteiger partial charge in [-0.15, -0.1) is 0 Å². The maximum Gasteiger partial charge on any atom is 0.259 e. The average Bonchev–Trinajstić information content (AvgIpc) is 2.92. The van der Waals surface area contributed by atoms with Crippen molar-refractivity contribution < 1.29 is 9.90 Å². The second-order valence-corrected chi connectivity index (χ2v) is 9.55. The van der Waals surface area contributed by atoms with Crippen molar-refractivity contribution in [3.05, 3.63) is 53.1 Å². The minimum atomic E-state index is -0.439. The molecule has 0 saturated carbocycles. The van der Waals surface area contributed by atoms with Crippen LogP contribution < -0.4 is 20.4 Å². The summed E-state index contributed by atoms with van der Waals surface area (Å²) >= 11 is 5.92. The Kier molecular flexibility index (Phi) is 7.36. The van der Waals surface area contributed by atoms with Crippen molar-refractivity contribution in [1.82, 2.24) is 15.0 Å². The summed E-state index contributed by atoms with van der Waals surface area (Å²) in [4.78, 5) is 31.3. The van der Waals surface area contributed by atoms with E-state index in [2.05, 4.69) is 20.4 Å².